The molecule has 0 amide bonds. The van der Waals surface area contributed by atoms with Crippen molar-refractivity contribution < 1.29 is 4.98 Å². The lowest BCUT2D eigenvalue weighted by atomic mass is 10.3. The zero-order chi connectivity index (χ0) is 6.69. The first kappa shape index (κ1) is 6.08. The van der Waals surface area contributed by atoms with Crippen molar-refractivity contribution in [2.45, 2.75) is 13.3 Å². The lowest BCUT2D eigenvalue weighted by Gasteiger charge is -1.89. The molecule has 0 atom stereocenters. The van der Waals surface area contributed by atoms with Gasteiger partial charge in [0.25, 0.3) is 5.82 Å². The Balaban J connectivity index is 2.94. The quantitative estimate of drug-likeness (QED) is 0.585. The van der Waals surface area contributed by atoms with Crippen molar-refractivity contribution in [3.63, 3.8) is 0 Å². The topological polar surface area (TPSA) is 40.2 Å². The Morgan fingerprint density at radius 3 is 2.78 bits per heavy atom. The van der Waals surface area contributed by atoms with Crippen molar-refractivity contribution >= 4 is 5.82 Å². The smallest absolute Gasteiger partial charge is 0.270 e. The van der Waals surface area contributed by atoms with Gasteiger partial charge in [-0.05, 0) is 6.07 Å². The number of nitrogens with two attached hydrogens (primary N) is 1. The SMILES string of the molecule is CCc1cccc(N)[nH+]1. The van der Waals surface area contributed by atoms with E-state index in [0.29, 0.717) is 0 Å². The summed E-state index contributed by atoms with van der Waals surface area (Å²) in [6.45, 7) is 2.09. The van der Waals surface area contributed by atoms with Crippen LogP contribution in [0.25, 0.3) is 0 Å². The minimum absolute atomic E-state index is 0.731. The predicted octanol–water partition coefficient (Wildman–Crippen LogP) is 0.645. The van der Waals surface area contributed by atoms with Crippen molar-refractivity contribution in [3.05, 3.63) is 23.9 Å². The van der Waals surface area contributed by atoms with Crippen LogP contribution in [-0.2, 0) is 6.42 Å². The molecule has 0 aliphatic heterocycles. The Bertz CT molecular complexity index is 196. The zero-order valence-corrected chi connectivity index (χ0v) is 5.52. The molecule has 9 heavy (non-hydrogen) atoms. The number of anilines is 1. The van der Waals surface area contributed by atoms with E-state index in [2.05, 4.69) is 11.9 Å². The second-order valence-corrected chi connectivity index (χ2v) is 1.98. The van der Waals surface area contributed by atoms with Gasteiger partial charge >= 0.3 is 0 Å². The second kappa shape index (κ2) is 2.49. The van der Waals surface area contributed by atoms with Crippen molar-refractivity contribution in [1.29, 1.82) is 0 Å². The monoisotopic (exact) mass is 123 g/mol. The lowest BCUT2D eigenvalue weighted by Crippen LogP contribution is -2.14. The number of hydrogen-bond donors (Lipinski definition) is 1. The molecule has 3 N–H and O–H groups in total. The summed E-state index contributed by atoms with van der Waals surface area (Å²) in [6.07, 6.45) is 1.00. The van der Waals surface area contributed by atoms with Gasteiger partial charge in [-0.2, -0.15) is 0 Å². The summed E-state index contributed by atoms with van der Waals surface area (Å²) in [5, 5.41) is 0. The van der Waals surface area contributed by atoms with Crippen molar-refractivity contribution in [1.82, 2.24) is 0 Å². The largest absolute Gasteiger partial charge is 0.287 e. The fourth-order valence-corrected chi connectivity index (χ4v) is 0.743. The average molecular weight is 123 g/mol. The van der Waals surface area contributed by atoms with Gasteiger partial charge in [0.15, 0.2) is 0 Å². The number of nitrogen functional groups attached to an aromatic ring is 1. The van der Waals surface area contributed by atoms with Gasteiger partial charge in [-0.25, -0.2) is 4.98 Å². The highest BCUT2D eigenvalue weighted by Crippen LogP contribution is 1.93. The van der Waals surface area contributed by atoms with Crippen LogP contribution in [0.5, 0.6) is 0 Å². The number of aryl methyl sites for hydroxylation is 1. The Morgan fingerprint density at radius 2 is 2.33 bits per heavy atom. The summed E-state index contributed by atoms with van der Waals surface area (Å²) in [4.78, 5) is 3.03. The molecule has 0 bridgehead atoms. The standard InChI is InChI=1S/C7H10N2/c1-2-6-4-3-5-7(8)9-6/h3-5H,2H2,1H3,(H2,8,9)/p+1. The molecular formula is C7H11N2+. The molecule has 0 saturated carbocycles. The molecule has 0 spiro atoms. The maximum Gasteiger partial charge on any atom is 0.270 e. The van der Waals surface area contributed by atoms with Gasteiger partial charge in [-0.3, -0.25) is 5.73 Å². The minimum atomic E-state index is 0.731. The zero-order valence-electron chi connectivity index (χ0n) is 5.52. The number of hydrogen-bond acceptors (Lipinski definition) is 1. The fourth-order valence-electron chi connectivity index (χ4n) is 0.743. The van der Waals surface area contributed by atoms with E-state index in [1.165, 1.54) is 5.69 Å². The van der Waals surface area contributed by atoms with Crippen LogP contribution in [0, 0.1) is 0 Å². The highest BCUT2D eigenvalue weighted by atomic mass is 14.8. The van der Waals surface area contributed by atoms with E-state index in [1.54, 1.807) is 0 Å². The lowest BCUT2D eigenvalue weighted by molar-refractivity contribution is -0.372. The maximum atomic E-state index is 5.48. The third kappa shape index (κ3) is 1.42. The van der Waals surface area contributed by atoms with E-state index in [4.69, 9.17) is 5.73 Å². The van der Waals surface area contributed by atoms with Crippen LogP contribution in [0.4, 0.5) is 5.82 Å². The van der Waals surface area contributed by atoms with Crippen LogP contribution in [0.2, 0.25) is 0 Å². The molecule has 0 radical (unpaired) electrons. The van der Waals surface area contributed by atoms with Crippen LogP contribution in [0.15, 0.2) is 18.2 Å². The third-order valence-corrected chi connectivity index (χ3v) is 1.26. The Labute approximate surface area is 54.7 Å². The number of aromatic nitrogens is 1. The fraction of sp³-hybridized carbons (Fsp3) is 0.286. The predicted molar refractivity (Wildman–Crippen MR) is 36.8 cm³/mol. The molecule has 0 aliphatic rings. The molecule has 0 saturated heterocycles. The van der Waals surface area contributed by atoms with Crippen LogP contribution in [0.1, 0.15) is 12.6 Å². The van der Waals surface area contributed by atoms with Crippen molar-refractivity contribution in [2.75, 3.05) is 5.73 Å². The first-order chi connectivity index (χ1) is 4.33. The van der Waals surface area contributed by atoms with Crippen LogP contribution < -0.4 is 10.7 Å². The summed E-state index contributed by atoms with van der Waals surface area (Å²) in [5.74, 6) is 0.731. The van der Waals surface area contributed by atoms with E-state index in [0.717, 1.165) is 12.2 Å². The molecule has 0 aliphatic carbocycles. The van der Waals surface area contributed by atoms with Crippen molar-refractivity contribution in [2.24, 2.45) is 0 Å². The summed E-state index contributed by atoms with van der Waals surface area (Å²) in [6, 6.07) is 5.82. The van der Waals surface area contributed by atoms with Crippen LogP contribution in [0.3, 0.4) is 0 Å². The number of pyridine rings is 1. The summed E-state index contributed by atoms with van der Waals surface area (Å²) >= 11 is 0. The molecular weight excluding hydrogens is 112 g/mol. The van der Waals surface area contributed by atoms with E-state index in [9.17, 15) is 0 Å². The van der Waals surface area contributed by atoms with Crippen LogP contribution >= 0.6 is 0 Å². The molecule has 2 heteroatoms. The summed E-state index contributed by atoms with van der Waals surface area (Å²) < 4.78 is 0. The minimum Gasteiger partial charge on any atom is -0.287 e. The molecule has 0 aromatic carbocycles. The van der Waals surface area contributed by atoms with Gasteiger partial charge in [0.05, 0.1) is 0 Å². The number of nitrogens with one attached hydrogen (secondary N) is 1. The number of aromatic amines is 1. The molecule has 1 aromatic heterocycles. The van der Waals surface area contributed by atoms with Crippen LogP contribution in [-0.4, -0.2) is 0 Å². The number of rotatable bonds is 1. The maximum absolute atomic E-state index is 5.48. The summed E-state index contributed by atoms with van der Waals surface area (Å²) in [7, 11) is 0. The molecule has 1 aromatic rings. The molecule has 2 nitrogen and oxygen atoms in total. The number of H-pyrrole nitrogens is 1. The normalized spacial score (nSPS) is 9.44. The first-order valence-electron chi connectivity index (χ1n) is 3.09. The summed E-state index contributed by atoms with van der Waals surface area (Å²) in [5.41, 5.74) is 6.65. The second-order valence-electron chi connectivity index (χ2n) is 1.98. The molecule has 0 fully saturated rings. The van der Waals surface area contributed by atoms with Gasteiger partial charge in [0.1, 0.15) is 5.69 Å². The molecule has 1 heterocycles. The van der Waals surface area contributed by atoms with Gasteiger partial charge in [-0.1, -0.05) is 13.0 Å². The first-order valence-corrected chi connectivity index (χ1v) is 3.09. The Hall–Kier alpha value is -1.05. The van der Waals surface area contributed by atoms with E-state index < -0.39 is 0 Å². The highest BCUT2D eigenvalue weighted by molar-refractivity contribution is 5.19. The van der Waals surface area contributed by atoms with Gasteiger partial charge < -0.3 is 0 Å². The molecule has 48 valence electrons. The van der Waals surface area contributed by atoms with Crippen molar-refractivity contribution in [3.8, 4) is 0 Å². The Morgan fingerprint density at radius 1 is 1.56 bits per heavy atom. The Kier molecular flexibility index (Phi) is 1.68. The van der Waals surface area contributed by atoms with E-state index >= 15 is 0 Å². The van der Waals surface area contributed by atoms with Gasteiger partial charge in [0.2, 0.25) is 0 Å². The van der Waals surface area contributed by atoms with Gasteiger partial charge in [-0.15, -0.1) is 0 Å². The molecule has 1 rings (SSSR count). The third-order valence-electron chi connectivity index (χ3n) is 1.26. The molecule has 0 unspecified atom stereocenters. The highest BCUT2D eigenvalue weighted by Gasteiger charge is 1.93. The average Bonchev–Trinajstić information content (AvgIpc) is 1.88. The van der Waals surface area contributed by atoms with E-state index in [1.807, 2.05) is 18.2 Å². The van der Waals surface area contributed by atoms with Gasteiger partial charge in [0, 0.05) is 12.5 Å². The van der Waals surface area contributed by atoms with E-state index in [-0.39, 0.29) is 0 Å².